The Hall–Kier alpha value is -1.55. The predicted molar refractivity (Wildman–Crippen MR) is 67.8 cm³/mol. The van der Waals surface area contributed by atoms with Crippen LogP contribution in [0.5, 0.6) is 5.75 Å². The molecule has 1 atom stereocenters. The molecule has 0 heterocycles. The van der Waals surface area contributed by atoms with Gasteiger partial charge in [0.25, 0.3) is 0 Å². The first-order valence-electron chi connectivity index (χ1n) is 5.75. The Balaban J connectivity index is 2.72. The van der Waals surface area contributed by atoms with Gasteiger partial charge in [0.2, 0.25) is 5.91 Å². The van der Waals surface area contributed by atoms with Crippen LogP contribution in [0.3, 0.4) is 0 Å². The topological polar surface area (TPSA) is 78.3 Å². The lowest BCUT2D eigenvalue weighted by Crippen LogP contribution is -2.19. The van der Waals surface area contributed by atoms with Crippen molar-refractivity contribution in [3.63, 3.8) is 0 Å². The van der Waals surface area contributed by atoms with Crippen molar-refractivity contribution in [2.24, 2.45) is 11.5 Å². The fourth-order valence-electron chi connectivity index (χ4n) is 1.62. The molecule has 0 saturated carbocycles. The van der Waals surface area contributed by atoms with E-state index in [4.69, 9.17) is 16.2 Å². The van der Waals surface area contributed by atoms with Crippen LogP contribution in [0.1, 0.15) is 24.5 Å². The minimum Gasteiger partial charge on any atom is -0.493 e. The Bertz CT molecular complexity index is 389. The largest absolute Gasteiger partial charge is 0.493 e. The molecule has 0 aliphatic carbocycles. The monoisotopic (exact) mass is 236 g/mol. The van der Waals surface area contributed by atoms with E-state index in [2.05, 4.69) is 6.07 Å². The molecular weight excluding hydrogens is 216 g/mol. The summed E-state index contributed by atoms with van der Waals surface area (Å²) in [4.78, 5) is 10.6. The van der Waals surface area contributed by atoms with Crippen LogP contribution in [0, 0.1) is 6.92 Å². The van der Waals surface area contributed by atoms with E-state index < -0.39 is 0 Å². The van der Waals surface area contributed by atoms with Gasteiger partial charge in [0.05, 0.1) is 13.0 Å². The van der Waals surface area contributed by atoms with Crippen molar-refractivity contribution in [3.8, 4) is 5.75 Å². The highest BCUT2D eigenvalue weighted by Crippen LogP contribution is 2.21. The van der Waals surface area contributed by atoms with Gasteiger partial charge in [0.1, 0.15) is 5.75 Å². The molecule has 1 rings (SSSR count). The van der Waals surface area contributed by atoms with E-state index in [-0.39, 0.29) is 18.4 Å². The molecule has 0 aromatic heterocycles. The Labute approximate surface area is 102 Å². The molecule has 4 heteroatoms. The van der Waals surface area contributed by atoms with Gasteiger partial charge in [-0.15, -0.1) is 0 Å². The highest BCUT2D eigenvalue weighted by Gasteiger charge is 2.07. The molecule has 94 valence electrons. The number of aryl methyl sites for hydroxylation is 1. The molecule has 17 heavy (non-hydrogen) atoms. The highest BCUT2D eigenvalue weighted by molar-refractivity contribution is 5.73. The normalized spacial score (nSPS) is 12.2. The summed E-state index contributed by atoms with van der Waals surface area (Å²) < 4.78 is 5.55. The van der Waals surface area contributed by atoms with Gasteiger partial charge in [0.15, 0.2) is 0 Å². The van der Waals surface area contributed by atoms with Gasteiger partial charge in [-0.05, 0) is 31.9 Å². The summed E-state index contributed by atoms with van der Waals surface area (Å²) in [5.41, 5.74) is 13.1. The fourth-order valence-corrected chi connectivity index (χ4v) is 1.62. The molecule has 0 radical (unpaired) electrons. The van der Waals surface area contributed by atoms with E-state index in [0.717, 1.165) is 17.7 Å². The zero-order valence-electron chi connectivity index (χ0n) is 10.4. The summed E-state index contributed by atoms with van der Waals surface area (Å²) in [5, 5.41) is 0. The second-order valence-electron chi connectivity index (χ2n) is 4.36. The predicted octanol–water partition coefficient (Wildman–Crippen LogP) is 1.14. The third-order valence-corrected chi connectivity index (χ3v) is 2.36. The van der Waals surface area contributed by atoms with Crippen molar-refractivity contribution in [1.29, 1.82) is 0 Å². The van der Waals surface area contributed by atoms with Crippen LogP contribution < -0.4 is 16.2 Å². The van der Waals surface area contributed by atoms with E-state index >= 15 is 0 Å². The van der Waals surface area contributed by atoms with Crippen LogP contribution in [0.15, 0.2) is 18.2 Å². The second-order valence-corrected chi connectivity index (χ2v) is 4.36. The number of hydrogen-bond donors (Lipinski definition) is 2. The summed E-state index contributed by atoms with van der Waals surface area (Å²) in [6, 6.07) is 6.02. The summed E-state index contributed by atoms with van der Waals surface area (Å²) in [5.74, 6) is 0.431. The summed E-state index contributed by atoms with van der Waals surface area (Å²) >= 11 is 0. The molecule has 0 aliphatic heterocycles. The Morgan fingerprint density at radius 2 is 2.18 bits per heavy atom. The van der Waals surface area contributed by atoms with Crippen LogP contribution in [-0.4, -0.2) is 18.6 Å². The number of carbonyl (C=O) groups excluding carboxylic acids is 1. The summed E-state index contributed by atoms with van der Waals surface area (Å²) in [6.07, 6.45) is 0.985. The third-order valence-electron chi connectivity index (χ3n) is 2.36. The molecule has 0 saturated heterocycles. The van der Waals surface area contributed by atoms with Gasteiger partial charge in [-0.3, -0.25) is 4.79 Å². The number of primary amides is 1. The maximum atomic E-state index is 10.6. The van der Waals surface area contributed by atoms with E-state index in [1.165, 1.54) is 5.56 Å². The van der Waals surface area contributed by atoms with Crippen molar-refractivity contribution in [2.45, 2.75) is 32.7 Å². The van der Waals surface area contributed by atoms with E-state index in [1.807, 2.05) is 26.0 Å². The lowest BCUT2D eigenvalue weighted by molar-refractivity contribution is -0.118. The van der Waals surface area contributed by atoms with E-state index in [9.17, 15) is 4.79 Å². The number of ether oxygens (including phenoxy) is 1. The summed E-state index contributed by atoms with van der Waals surface area (Å²) in [6.45, 7) is 4.29. The molecular formula is C13H20N2O2. The van der Waals surface area contributed by atoms with Gasteiger partial charge in [-0.2, -0.15) is 0 Å². The van der Waals surface area contributed by atoms with E-state index in [0.29, 0.717) is 6.61 Å². The molecule has 1 amide bonds. The maximum absolute atomic E-state index is 10.6. The Morgan fingerprint density at radius 1 is 1.47 bits per heavy atom. The van der Waals surface area contributed by atoms with Crippen LogP contribution >= 0.6 is 0 Å². The summed E-state index contributed by atoms with van der Waals surface area (Å²) in [7, 11) is 0. The molecule has 0 bridgehead atoms. The minimum atomic E-state index is -0.356. The standard InChI is InChI=1S/C13H20N2O2/c1-9-3-4-12(17-6-5-13(15)16)11(7-9)8-10(2)14/h3-4,7,10H,5-6,8,14H2,1-2H3,(H2,15,16). The minimum absolute atomic E-state index is 0.0790. The first-order chi connectivity index (χ1) is 7.99. The van der Waals surface area contributed by atoms with Gasteiger partial charge in [-0.25, -0.2) is 0 Å². The van der Waals surface area contributed by atoms with Crippen molar-refractivity contribution >= 4 is 5.91 Å². The fraction of sp³-hybridized carbons (Fsp3) is 0.462. The van der Waals surface area contributed by atoms with Gasteiger partial charge < -0.3 is 16.2 Å². The molecule has 0 fully saturated rings. The lowest BCUT2D eigenvalue weighted by atomic mass is 10.0. The number of hydrogen-bond acceptors (Lipinski definition) is 3. The molecule has 1 unspecified atom stereocenters. The molecule has 1 aromatic carbocycles. The number of rotatable bonds is 6. The lowest BCUT2D eigenvalue weighted by Gasteiger charge is -2.13. The van der Waals surface area contributed by atoms with E-state index in [1.54, 1.807) is 0 Å². The second kappa shape index (κ2) is 6.25. The van der Waals surface area contributed by atoms with Gasteiger partial charge in [-0.1, -0.05) is 17.7 Å². The van der Waals surface area contributed by atoms with Crippen LogP contribution in [0.4, 0.5) is 0 Å². The quantitative estimate of drug-likeness (QED) is 0.777. The first kappa shape index (κ1) is 13.5. The molecule has 4 N–H and O–H groups in total. The van der Waals surface area contributed by atoms with Gasteiger partial charge in [0, 0.05) is 6.04 Å². The molecule has 0 spiro atoms. The first-order valence-corrected chi connectivity index (χ1v) is 5.75. The van der Waals surface area contributed by atoms with Crippen LogP contribution in [0.2, 0.25) is 0 Å². The highest BCUT2D eigenvalue weighted by atomic mass is 16.5. The van der Waals surface area contributed by atoms with Gasteiger partial charge >= 0.3 is 0 Å². The van der Waals surface area contributed by atoms with Crippen molar-refractivity contribution in [2.75, 3.05) is 6.61 Å². The number of benzene rings is 1. The van der Waals surface area contributed by atoms with Crippen LogP contribution in [0.25, 0.3) is 0 Å². The Morgan fingerprint density at radius 3 is 2.76 bits per heavy atom. The molecule has 0 aliphatic rings. The van der Waals surface area contributed by atoms with Crippen LogP contribution in [-0.2, 0) is 11.2 Å². The average molecular weight is 236 g/mol. The average Bonchev–Trinajstić information content (AvgIpc) is 2.20. The maximum Gasteiger partial charge on any atom is 0.220 e. The SMILES string of the molecule is Cc1ccc(OCCC(N)=O)c(CC(C)N)c1. The Kier molecular flexibility index (Phi) is 4.97. The molecule has 4 nitrogen and oxygen atoms in total. The number of nitrogens with two attached hydrogens (primary N) is 2. The van der Waals surface area contributed by atoms with Crippen molar-refractivity contribution in [3.05, 3.63) is 29.3 Å². The zero-order chi connectivity index (χ0) is 12.8. The third kappa shape index (κ3) is 4.87. The van der Waals surface area contributed by atoms with Crippen molar-refractivity contribution in [1.82, 2.24) is 0 Å². The number of carbonyl (C=O) groups is 1. The number of amides is 1. The zero-order valence-corrected chi connectivity index (χ0v) is 10.4. The smallest absolute Gasteiger partial charge is 0.220 e. The van der Waals surface area contributed by atoms with Crippen molar-refractivity contribution < 1.29 is 9.53 Å². The molecule has 1 aromatic rings.